The van der Waals surface area contributed by atoms with Crippen LogP contribution in [0.5, 0.6) is 0 Å². The van der Waals surface area contributed by atoms with Gasteiger partial charge in [-0.25, -0.2) is 0 Å². The molecule has 0 spiro atoms. The Hall–Kier alpha value is -0.960. The van der Waals surface area contributed by atoms with Gasteiger partial charge in [-0.1, -0.05) is 12.2 Å². The molecule has 0 aliphatic heterocycles. The van der Waals surface area contributed by atoms with E-state index in [1.54, 1.807) is 0 Å². The fraction of sp³-hybridized carbons (Fsp3) is 0.250. The van der Waals surface area contributed by atoms with Crippen LogP contribution in [0.2, 0.25) is 0 Å². The van der Waals surface area contributed by atoms with Crippen LogP contribution in [0.15, 0.2) is 10.5 Å². The summed E-state index contributed by atoms with van der Waals surface area (Å²) in [4.78, 5) is 11.8. The molecule has 0 N–H and O–H groups in total. The van der Waals surface area contributed by atoms with Crippen LogP contribution in [0.4, 0.5) is 0 Å². The number of carbonyl (C=O) groups is 1. The molecule has 0 radical (unpaired) electrons. The van der Waals surface area contributed by atoms with E-state index >= 15 is 0 Å². The standard InChI is InChI=1S/C8H6O2S/c1-4-2-5-7(11)3-6(9)8(5)10-4/h2H,3H2,1H3. The molecule has 0 fully saturated rings. The molecule has 1 aliphatic carbocycles. The van der Waals surface area contributed by atoms with Crippen molar-refractivity contribution in [2.75, 3.05) is 0 Å². The normalized spacial score (nSPS) is 15.7. The van der Waals surface area contributed by atoms with Crippen LogP contribution < -0.4 is 0 Å². The first-order chi connectivity index (χ1) is 5.18. The van der Waals surface area contributed by atoms with E-state index in [0.29, 0.717) is 17.0 Å². The summed E-state index contributed by atoms with van der Waals surface area (Å²) in [6.07, 6.45) is 0.351. The van der Waals surface area contributed by atoms with Crippen LogP contribution in [-0.4, -0.2) is 10.6 Å². The maximum atomic E-state index is 11.1. The van der Waals surface area contributed by atoms with E-state index in [2.05, 4.69) is 0 Å². The number of rotatable bonds is 0. The largest absolute Gasteiger partial charge is 0.458 e. The number of carbonyl (C=O) groups excluding carboxylic acids is 1. The molecule has 1 aromatic rings. The van der Waals surface area contributed by atoms with Gasteiger partial charge in [0, 0.05) is 10.4 Å². The highest BCUT2D eigenvalue weighted by atomic mass is 32.1. The zero-order valence-corrected chi connectivity index (χ0v) is 6.83. The Bertz CT molecular complexity index is 317. The van der Waals surface area contributed by atoms with E-state index in [4.69, 9.17) is 16.6 Å². The Morgan fingerprint density at radius 3 is 3.00 bits per heavy atom. The van der Waals surface area contributed by atoms with Crippen molar-refractivity contribution < 1.29 is 9.21 Å². The second-order valence-corrected chi connectivity index (χ2v) is 3.12. The number of ketones is 1. The molecule has 0 aromatic carbocycles. The number of hydrogen-bond donors (Lipinski definition) is 0. The molecule has 0 bridgehead atoms. The van der Waals surface area contributed by atoms with E-state index in [0.717, 1.165) is 11.3 Å². The van der Waals surface area contributed by atoms with Gasteiger partial charge in [0.1, 0.15) is 5.76 Å². The summed E-state index contributed by atoms with van der Waals surface area (Å²) < 4.78 is 5.17. The molecule has 2 nitrogen and oxygen atoms in total. The third-order valence-electron chi connectivity index (χ3n) is 1.73. The average Bonchev–Trinajstić information content (AvgIpc) is 2.38. The first kappa shape index (κ1) is 6.73. The third kappa shape index (κ3) is 0.844. The van der Waals surface area contributed by atoms with Gasteiger partial charge in [0.15, 0.2) is 5.76 Å². The molecule has 0 atom stereocenters. The highest BCUT2D eigenvalue weighted by Crippen LogP contribution is 2.25. The van der Waals surface area contributed by atoms with Crippen LogP contribution in [0, 0.1) is 6.92 Å². The molecule has 0 saturated carbocycles. The number of furan rings is 1. The highest BCUT2D eigenvalue weighted by Gasteiger charge is 2.28. The number of Topliss-reactive ketones (excluding diaryl/α,β-unsaturated/α-hetero) is 1. The van der Waals surface area contributed by atoms with Crippen LogP contribution in [0.25, 0.3) is 0 Å². The summed E-state index contributed by atoms with van der Waals surface area (Å²) >= 11 is 4.98. The van der Waals surface area contributed by atoms with E-state index in [1.807, 2.05) is 13.0 Å². The minimum atomic E-state index is 0.0121. The Morgan fingerprint density at radius 1 is 1.64 bits per heavy atom. The second kappa shape index (κ2) is 2.01. The smallest absolute Gasteiger partial charge is 0.203 e. The average molecular weight is 166 g/mol. The van der Waals surface area contributed by atoms with Gasteiger partial charge >= 0.3 is 0 Å². The monoisotopic (exact) mass is 166 g/mol. The van der Waals surface area contributed by atoms with Gasteiger partial charge in [-0.15, -0.1) is 0 Å². The molecule has 2 rings (SSSR count). The number of aryl methyl sites for hydroxylation is 1. The Morgan fingerprint density at radius 2 is 2.36 bits per heavy atom. The summed E-state index contributed by atoms with van der Waals surface area (Å²) in [6, 6.07) is 1.82. The van der Waals surface area contributed by atoms with Gasteiger partial charge in [0.25, 0.3) is 0 Å². The van der Waals surface area contributed by atoms with Gasteiger partial charge in [0.05, 0.1) is 6.42 Å². The molecular weight excluding hydrogens is 160 g/mol. The molecule has 0 saturated heterocycles. The molecule has 56 valence electrons. The Labute approximate surface area is 69.2 Å². The molecule has 1 heterocycles. The lowest BCUT2D eigenvalue weighted by Crippen LogP contribution is -1.91. The fourth-order valence-electron chi connectivity index (χ4n) is 1.25. The number of fused-ring (bicyclic) bond motifs is 1. The van der Waals surface area contributed by atoms with Crippen molar-refractivity contribution in [2.45, 2.75) is 13.3 Å². The lowest BCUT2D eigenvalue weighted by atomic mass is 10.2. The molecule has 11 heavy (non-hydrogen) atoms. The second-order valence-electron chi connectivity index (χ2n) is 2.62. The van der Waals surface area contributed by atoms with Crippen molar-refractivity contribution in [1.82, 2.24) is 0 Å². The van der Waals surface area contributed by atoms with Crippen molar-refractivity contribution in [3.63, 3.8) is 0 Å². The van der Waals surface area contributed by atoms with E-state index < -0.39 is 0 Å². The summed E-state index contributed by atoms with van der Waals surface area (Å²) in [5.41, 5.74) is 0.822. The van der Waals surface area contributed by atoms with Gasteiger partial charge in [-0.2, -0.15) is 0 Å². The van der Waals surface area contributed by atoms with Crippen molar-refractivity contribution in [2.24, 2.45) is 0 Å². The molecule has 3 heteroatoms. The lowest BCUT2D eigenvalue weighted by molar-refractivity contribution is 0.0979. The van der Waals surface area contributed by atoms with Crippen LogP contribution >= 0.6 is 12.2 Å². The molecule has 0 amide bonds. The minimum absolute atomic E-state index is 0.0121. The predicted molar refractivity (Wildman–Crippen MR) is 44.1 cm³/mol. The highest BCUT2D eigenvalue weighted by molar-refractivity contribution is 7.81. The minimum Gasteiger partial charge on any atom is -0.458 e. The van der Waals surface area contributed by atoms with Gasteiger partial charge in [-0.05, 0) is 13.0 Å². The maximum absolute atomic E-state index is 11.1. The van der Waals surface area contributed by atoms with E-state index in [-0.39, 0.29) is 5.78 Å². The van der Waals surface area contributed by atoms with Crippen molar-refractivity contribution in [3.05, 3.63) is 23.2 Å². The van der Waals surface area contributed by atoms with Gasteiger partial charge < -0.3 is 4.42 Å². The van der Waals surface area contributed by atoms with Crippen molar-refractivity contribution >= 4 is 22.9 Å². The summed E-state index contributed by atoms with van der Waals surface area (Å²) in [6.45, 7) is 1.81. The maximum Gasteiger partial charge on any atom is 0.203 e. The molecule has 1 aliphatic rings. The quantitative estimate of drug-likeness (QED) is 0.551. The number of hydrogen-bond acceptors (Lipinski definition) is 3. The molecular formula is C8H6O2S. The Balaban J connectivity index is 2.67. The summed E-state index contributed by atoms with van der Waals surface area (Å²) in [7, 11) is 0. The zero-order chi connectivity index (χ0) is 8.01. The van der Waals surface area contributed by atoms with Crippen molar-refractivity contribution in [1.29, 1.82) is 0 Å². The SMILES string of the molecule is Cc1cc2c(o1)C(=O)CC2=S. The lowest BCUT2D eigenvalue weighted by Gasteiger charge is -1.84. The fourth-order valence-corrected chi connectivity index (χ4v) is 1.53. The van der Waals surface area contributed by atoms with Gasteiger partial charge in [0.2, 0.25) is 5.78 Å². The topological polar surface area (TPSA) is 30.2 Å². The Kier molecular flexibility index (Phi) is 1.23. The van der Waals surface area contributed by atoms with Crippen LogP contribution in [0.3, 0.4) is 0 Å². The van der Waals surface area contributed by atoms with Gasteiger partial charge in [-0.3, -0.25) is 4.79 Å². The first-order valence-corrected chi connectivity index (χ1v) is 3.76. The summed E-state index contributed by atoms with van der Waals surface area (Å²) in [5, 5.41) is 0. The van der Waals surface area contributed by atoms with E-state index in [9.17, 15) is 4.79 Å². The predicted octanol–water partition coefficient (Wildman–Crippen LogP) is 1.89. The zero-order valence-electron chi connectivity index (χ0n) is 6.01. The van der Waals surface area contributed by atoms with Crippen LogP contribution in [-0.2, 0) is 0 Å². The third-order valence-corrected chi connectivity index (χ3v) is 2.09. The van der Waals surface area contributed by atoms with Crippen LogP contribution in [0.1, 0.15) is 28.3 Å². The molecule has 0 unspecified atom stereocenters. The number of thiocarbonyl (C=S) groups is 1. The van der Waals surface area contributed by atoms with Crippen molar-refractivity contribution in [3.8, 4) is 0 Å². The molecule has 1 aromatic heterocycles. The van der Waals surface area contributed by atoms with E-state index in [1.165, 1.54) is 0 Å². The first-order valence-electron chi connectivity index (χ1n) is 3.35. The summed E-state index contributed by atoms with van der Waals surface area (Å²) in [5.74, 6) is 1.22.